The monoisotopic (exact) mass is 662 g/mol. The quantitative estimate of drug-likeness (QED) is 0.201. The van der Waals surface area contributed by atoms with Gasteiger partial charge in [-0.3, -0.25) is 15.1 Å². The average Bonchev–Trinajstić information content (AvgIpc) is 3.37. The summed E-state index contributed by atoms with van der Waals surface area (Å²) in [4.78, 5) is 34.7. The van der Waals surface area contributed by atoms with Crippen molar-refractivity contribution < 1.29 is 37.0 Å². The number of allylic oxidation sites excluding steroid dienone is 1. The third-order valence-corrected chi connectivity index (χ3v) is 7.38. The highest BCUT2D eigenvalue weighted by Gasteiger charge is 2.30. The molecule has 2 atom stereocenters. The highest BCUT2D eigenvalue weighted by Crippen LogP contribution is 2.33. The van der Waals surface area contributed by atoms with E-state index in [-0.39, 0.29) is 23.6 Å². The number of nitrogens with zero attached hydrogens (tertiary/aromatic N) is 3. The lowest BCUT2D eigenvalue weighted by Gasteiger charge is -2.34. The van der Waals surface area contributed by atoms with Gasteiger partial charge in [-0.05, 0) is 57.5 Å². The number of halogens is 3. The van der Waals surface area contributed by atoms with Gasteiger partial charge in [-0.25, -0.2) is 9.78 Å². The zero-order chi connectivity index (χ0) is 33.6. The van der Waals surface area contributed by atoms with Crippen LogP contribution in [0.2, 0.25) is 0 Å². The van der Waals surface area contributed by atoms with E-state index < -0.39 is 29.6 Å². The molecule has 0 radical (unpaired) electrons. The van der Waals surface area contributed by atoms with E-state index in [0.717, 1.165) is 16.8 Å². The summed E-state index contributed by atoms with van der Waals surface area (Å²) in [7, 11) is 0. The van der Waals surface area contributed by atoms with Gasteiger partial charge in [-0.15, -0.1) is 0 Å². The normalized spacial score (nSPS) is 17.1. The number of fused-ring (bicyclic) bond motifs is 1. The first-order chi connectivity index (χ1) is 21.6. The minimum Gasteiger partial charge on any atom is -0.444 e. The number of carbonyl (C=O) groups excluding carboxylic acids is 2. The van der Waals surface area contributed by atoms with Gasteiger partial charge in [0, 0.05) is 26.1 Å². The second-order valence-corrected chi connectivity index (χ2v) is 12.6. The molecule has 11 nitrogen and oxygen atoms in total. The smallest absolute Gasteiger partial charge is 0.416 e. The number of nitrogens with one attached hydrogen (secondary N) is 2. The van der Waals surface area contributed by atoms with Gasteiger partial charge in [0.25, 0.3) is 0 Å². The van der Waals surface area contributed by atoms with Crippen LogP contribution in [-0.4, -0.2) is 71.7 Å². The number of thiazole rings is 1. The summed E-state index contributed by atoms with van der Waals surface area (Å²) in [6, 6.07) is 9.77. The Kier molecular flexibility index (Phi) is 10.9. The van der Waals surface area contributed by atoms with Gasteiger partial charge in [0.2, 0.25) is 5.91 Å². The third-order valence-electron chi connectivity index (χ3n) is 6.44. The van der Waals surface area contributed by atoms with Crippen molar-refractivity contribution in [2.45, 2.75) is 58.7 Å². The van der Waals surface area contributed by atoms with Gasteiger partial charge < -0.3 is 30.2 Å². The van der Waals surface area contributed by atoms with E-state index in [0.29, 0.717) is 48.2 Å². The van der Waals surface area contributed by atoms with Crippen LogP contribution in [0.15, 0.2) is 59.4 Å². The molecule has 1 aliphatic heterocycles. The minimum atomic E-state index is -4.50. The molecule has 0 saturated carbocycles. The van der Waals surface area contributed by atoms with Gasteiger partial charge in [-0.1, -0.05) is 29.5 Å². The van der Waals surface area contributed by atoms with Crippen LogP contribution in [0.25, 0.3) is 10.2 Å². The lowest BCUT2D eigenvalue weighted by atomic mass is 10.1. The van der Waals surface area contributed by atoms with Crippen LogP contribution in [-0.2, 0) is 20.4 Å². The van der Waals surface area contributed by atoms with Crippen molar-refractivity contribution in [1.82, 2.24) is 15.2 Å². The summed E-state index contributed by atoms with van der Waals surface area (Å²) < 4.78 is 57.7. The summed E-state index contributed by atoms with van der Waals surface area (Å²) in [5.74, 6) is -0.0338. The average molecular weight is 663 g/mol. The number of aliphatic imine (C=N–C) groups is 1. The standard InChI is InChI=1S/C31H37F3N6O5S/c1-18(36-16-22-17-40(13-14-43-22)29(42)45-30(3,4)5)37-23(20-9-11-21(12-10-20)31(32,33)34)15-26(35)44-24-7-6-8-25-27(24)39-28(46-25)38-19(2)41/h6-12,15,18,22,36H,13-14,16-17,35H2,1-5H3,(H,38,39,41)/b26-15+,37-23?. The second kappa shape index (κ2) is 14.5. The molecule has 0 bridgehead atoms. The Balaban J connectivity index is 1.53. The largest absolute Gasteiger partial charge is 0.444 e. The number of ether oxygens (including phenoxy) is 3. The van der Waals surface area contributed by atoms with Crippen LogP contribution in [0, 0.1) is 0 Å². The number of hydrogen-bond donors (Lipinski definition) is 3. The van der Waals surface area contributed by atoms with Crippen molar-refractivity contribution in [2.24, 2.45) is 10.7 Å². The van der Waals surface area contributed by atoms with Gasteiger partial charge in [-0.2, -0.15) is 13.2 Å². The number of morpholine rings is 1. The predicted octanol–water partition coefficient (Wildman–Crippen LogP) is 5.51. The Morgan fingerprint density at radius 1 is 1.22 bits per heavy atom. The van der Waals surface area contributed by atoms with Crippen LogP contribution in [0.1, 0.15) is 45.7 Å². The zero-order valence-electron chi connectivity index (χ0n) is 26.1. The number of nitrogens with two attached hydrogens (primary N) is 1. The minimum absolute atomic E-state index is 0.0870. The van der Waals surface area contributed by atoms with Gasteiger partial charge in [0.1, 0.15) is 11.1 Å². The van der Waals surface area contributed by atoms with Crippen molar-refractivity contribution in [3.63, 3.8) is 0 Å². The maximum Gasteiger partial charge on any atom is 0.416 e. The lowest BCUT2D eigenvalue weighted by Crippen LogP contribution is -2.50. The number of aromatic nitrogens is 1. The zero-order valence-corrected chi connectivity index (χ0v) is 26.9. The fourth-order valence-electron chi connectivity index (χ4n) is 4.42. The van der Waals surface area contributed by atoms with Crippen molar-refractivity contribution in [3.8, 4) is 5.75 Å². The number of benzene rings is 2. The van der Waals surface area contributed by atoms with E-state index in [1.165, 1.54) is 36.5 Å². The molecule has 1 fully saturated rings. The Hall–Kier alpha value is -4.21. The van der Waals surface area contributed by atoms with E-state index in [2.05, 4.69) is 20.6 Å². The van der Waals surface area contributed by atoms with Crippen molar-refractivity contribution >= 4 is 44.4 Å². The van der Waals surface area contributed by atoms with Crippen molar-refractivity contribution in [3.05, 3.63) is 65.6 Å². The molecule has 0 aliphatic carbocycles. The van der Waals surface area contributed by atoms with Crippen LogP contribution in [0.4, 0.5) is 23.1 Å². The molecule has 248 valence electrons. The van der Waals surface area contributed by atoms with E-state index in [1.807, 2.05) is 6.07 Å². The first-order valence-corrected chi connectivity index (χ1v) is 15.3. The summed E-state index contributed by atoms with van der Waals surface area (Å²) in [6.07, 6.45) is -4.38. The predicted molar refractivity (Wildman–Crippen MR) is 170 cm³/mol. The molecule has 2 unspecified atom stereocenters. The fourth-order valence-corrected chi connectivity index (χ4v) is 5.35. The molecule has 46 heavy (non-hydrogen) atoms. The number of hydrogen-bond acceptors (Lipinski definition) is 10. The van der Waals surface area contributed by atoms with Gasteiger partial charge in [0.15, 0.2) is 16.8 Å². The van der Waals surface area contributed by atoms with Gasteiger partial charge >= 0.3 is 12.3 Å². The van der Waals surface area contributed by atoms with Crippen LogP contribution < -0.4 is 21.1 Å². The topological polar surface area (TPSA) is 140 Å². The molecule has 2 amide bonds. The third kappa shape index (κ3) is 9.89. The molecule has 1 aliphatic rings. The number of anilines is 1. The maximum absolute atomic E-state index is 13.3. The first-order valence-electron chi connectivity index (χ1n) is 14.5. The van der Waals surface area contributed by atoms with E-state index >= 15 is 0 Å². The van der Waals surface area contributed by atoms with Gasteiger partial charge in [0.05, 0.1) is 41.4 Å². The van der Waals surface area contributed by atoms with Crippen LogP contribution in [0.3, 0.4) is 0 Å². The van der Waals surface area contributed by atoms with Crippen LogP contribution in [0.5, 0.6) is 5.75 Å². The second-order valence-electron chi connectivity index (χ2n) is 11.5. The van der Waals surface area contributed by atoms with Crippen molar-refractivity contribution in [1.29, 1.82) is 0 Å². The molecule has 4 rings (SSSR count). The summed E-state index contributed by atoms with van der Waals surface area (Å²) in [5.41, 5.74) is 5.95. The molecule has 15 heteroatoms. The highest BCUT2D eigenvalue weighted by atomic mass is 32.1. The van der Waals surface area contributed by atoms with E-state index in [1.54, 1.807) is 44.7 Å². The number of rotatable bonds is 9. The fraction of sp³-hybridized carbons (Fsp3) is 0.419. The van der Waals surface area contributed by atoms with Crippen LogP contribution >= 0.6 is 11.3 Å². The Bertz CT molecular complexity index is 1600. The molecular formula is C31H37F3N6O5S. The molecule has 4 N–H and O–H groups in total. The number of alkyl halides is 3. The Morgan fingerprint density at radius 3 is 2.59 bits per heavy atom. The Labute approximate surface area is 268 Å². The molecule has 2 aromatic carbocycles. The summed E-state index contributed by atoms with van der Waals surface area (Å²) in [6.45, 7) is 9.94. The lowest BCUT2D eigenvalue weighted by molar-refractivity contribution is -0.137. The molecule has 0 spiro atoms. The highest BCUT2D eigenvalue weighted by molar-refractivity contribution is 7.22. The number of carbonyl (C=O) groups is 2. The van der Waals surface area contributed by atoms with Crippen molar-refractivity contribution in [2.75, 3.05) is 31.6 Å². The first kappa shape index (κ1) is 34.7. The maximum atomic E-state index is 13.3. The Morgan fingerprint density at radius 2 is 1.93 bits per heavy atom. The van der Waals surface area contributed by atoms with E-state index in [9.17, 15) is 22.8 Å². The van der Waals surface area contributed by atoms with E-state index in [4.69, 9.17) is 19.9 Å². The molecule has 2 heterocycles. The summed E-state index contributed by atoms with van der Waals surface area (Å²) >= 11 is 1.26. The molecular weight excluding hydrogens is 625 g/mol. The molecule has 1 aromatic heterocycles. The summed E-state index contributed by atoms with van der Waals surface area (Å²) in [5, 5.41) is 6.27. The number of amides is 2. The molecule has 1 saturated heterocycles. The SMILES string of the molecule is CC(=O)Nc1nc2c(O/C(N)=C/C(=NC(C)NCC3CN(C(=O)OC(C)(C)C)CCO3)c3ccc(C(F)(F)F)cc3)cccc2s1. The number of para-hydroxylation sites is 1. The molecule has 3 aromatic rings.